The Labute approximate surface area is 339 Å². The van der Waals surface area contributed by atoms with E-state index in [9.17, 15) is 0 Å². The quantitative estimate of drug-likeness (QED) is 0.184. The van der Waals surface area contributed by atoms with E-state index in [0.29, 0.717) is 11.8 Å². The van der Waals surface area contributed by atoms with Gasteiger partial charge in [-0.1, -0.05) is 140 Å². The predicted molar refractivity (Wildman–Crippen MR) is 243 cm³/mol. The van der Waals surface area contributed by atoms with Gasteiger partial charge in [0.25, 0.3) is 0 Å². The van der Waals surface area contributed by atoms with Crippen LogP contribution in [0.15, 0.2) is 205 Å². The normalized spacial score (nSPS) is 21.7. The number of rotatable bonds is 9. The van der Waals surface area contributed by atoms with Crippen molar-refractivity contribution in [2.24, 2.45) is 5.92 Å². The molecule has 0 saturated carbocycles. The second-order valence-electron chi connectivity index (χ2n) is 15.9. The van der Waals surface area contributed by atoms with Gasteiger partial charge >= 0.3 is 0 Å². The van der Waals surface area contributed by atoms with E-state index in [1.807, 2.05) is 0 Å². The smallest absolute Gasteiger partial charge is 0.0488 e. The first kappa shape index (κ1) is 36.6. The van der Waals surface area contributed by atoms with Crippen molar-refractivity contribution in [1.82, 2.24) is 0 Å². The number of nitrogens with one attached hydrogen (secondary N) is 1. The van der Waals surface area contributed by atoms with Gasteiger partial charge in [0.1, 0.15) is 0 Å². The molecule has 0 fully saturated rings. The summed E-state index contributed by atoms with van der Waals surface area (Å²) < 4.78 is 0. The topological polar surface area (TPSA) is 18.5 Å². The van der Waals surface area contributed by atoms with Gasteiger partial charge < -0.3 is 15.1 Å². The van der Waals surface area contributed by atoms with Crippen molar-refractivity contribution in [2.75, 3.05) is 21.7 Å². The third kappa shape index (κ3) is 8.11. The zero-order chi connectivity index (χ0) is 38.4. The Morgan fingerprint density at radius 3 is 2.21 bits per heavy atom. The number of allylic oxidation sites excluding steroid dienone is 14. The lowest BCUT2D eigenvalue weighted by Crippen LogP contribution is -2.28. The standard InChI is InChI=1S/C54H53N3/c1-40-52-20-11-12-22-54(52)56(39-13-21-53(40)55-47-31-23-43(24-32-47)41-14-5-2-6-15-41)48-33-25-45(26-34-48)46-29-37-51(38-30-46)57(49-18-9-4-10-19-49)50-35-27-44(28-36-50)42-16-7-3-8-17-42/h3-5,7-12,14-25,27,31-33,35-37,44,46,55H,1-2,6,13,26,28-30,34,38-39H2/b53-21+. The van der Waals surface area contributed by atoms with Crippen molar-refractivity contribution >= 4 is 28.2 Å². The maximum absolute atomic E-state index is 4.64. The second kappa shape index (κ2) is 17.0. The number of hydrogen-bond acceptors (Lipinski definition) is 3. The third-order valence-corrected chi connectivity index (χ3v) is 12.3. The minimum Gasteiger partial charge on any atom is -0.355 e. The van der Waals surface area contributed by atoms with Gasteiger partial charge in [-0.2, -0.15) is 0 Å². The first-order valence-corrected chi connectivity index (χ1v) is 21.1. The lowest BCUT2D eigenvalue weighted by atomic mass is 9.81. The van der Waals surface area contributed by atoms with Crippen LogP contribution in [0.25, 0.3) is 11.1 Å². The highest BCUT2D eigenvalue weighted by molar-refractivity contribution is 5.88. The van der Waals surface area contributed by atoms with Gasteiger partial charge in [-0.15, -0.1) is 0 Å². The fraction of sp³-hybridized carbons (Fsp3) is 0.222. The summed E-state index contributed by atoms with van der Waals surface area (Å²) in [6.07, 6.45) is 33.5. The van der Waals surface area contributed by atoms with E-state index in [0.717, 1.165) is 74.9 Å². The Balaban J connectivity index is 0.887. The average Bonchev–Trinajstić information content (AvgIpc) is 3.29. The summed E-state index contributed by atoms with van der Waals surface area (Å²) in [6.45, 7) is 5.57. The van der Waals surface area contributed by atoms with Gasteiger partial charge in [0, 0.05) is 57.9 Å². The van der Waals surface area contributed by atoms with Crippen molar-refractivity contribution in [3.63, 3.8) is 0 Å². The highest BCUT2D eigenvalue weighted by Gasteiger charge is 2.27. The molecule has 1 aliphatic heterocycles. The monoisotopic (exact) mass is 743 g/mol. The van der Waals surface area contributed by atoms with Crippen molar-refractivity contribution in [1.29, 1.82) is 0 Å². The molecule has 5 aliphatic rings. The van der Waals surface area contributed by atoms with E-state index in [2.05, 4.69) is 192 Å². The number of anilines is 3. The molecule has 4 aromatic rings. The van der Waals surface area contributed by atoms with E-state index in [1.54, 1.807) is 5.57 Å². The SMILES string of the molecule is C=C1/C(Nc2ccc(C3=CCCC=C3)cc2)=C\CCN(C2=CC=C(C3CC=C(N(C4=CCC(c5ccccc5)C=C4)c4ccccc4)CC3)CC2)c2ccccc21. The zero-order valence-electron chi connectivity index (χ0n) is 33.0. The molecule has 4 aliphatic carbocycles. The molecule has 1 N–H and O–H groups in total. The van der Waals surface area contributed by atoms with Crippen LogP contribution in [0.4, 0.5) is 17.1 Å². The summed E-state index contributed by atoms with van der Waals surface area (Å²) in [5.74, 6) is 1.02. The van der Waals surface area contributed by atoms with Crippen LogP contribution in [0.2, 0.25) is 0 Å². The molecule has 4 aromatic carbocycles. The maximum Gasteiger partial charge on any atom is 0.0488 e. The van der Waals surface area contributed by atoms with Crippen LogP contribution in [0, 0.1) is 5.92 Å². The van der Waals surface area contributed by atoms with Crippen LogP contribution in [0.1, 0.15) is 80.4 Å². The molecular weight excluding hydrogens is 691 g/mol. The van der Waals surface area contributed by atoms with Crippen LogP contribution in [-0.2, 0) is 0 Å². The van der Waals surface area contributed by atoms with E-state index >= 15 is 0 Å². The van der Waals surface area contributed by atoms with E-state index in [1.165, 1.54) is 57.2 Å². The van der Waals surface area contributed by atoms with Gasteiger partial charge in [-0.3, -0.25) is 0 Å². The molecule has 9 rings (SSSR count). The maximum atomic E-state index is 4.64. The number of hydrogen-bond donors (Lipinski definition) is 1. The van der Waals surface area contributed by atoms with Crippen LogP contribution >= 0.6 is 0 Å². The second-order valence-corrected chi connectivity index (χ2v) is 15.9. The number of para-hydroxylation sites is 2. The molecule has 0 radical (unpaired) electrons. The highest BCUT2D eigenvalue weighted by Crippen LogP contribution is 2.42. The van der Waals surface area contributed by atoms with Crippen molar-refractivity contribution in [2.45, 2.75) is 63.7 Å². The van der Waals surface area contributed by atoms with Crippen molar-refractivity contribution in [3.8, 4) is 0 Å². The van der Waals surface area contributed by atoms with Crippen molar-refractivity contribution < 1.29 is 0 Å². The van der Waals surface area contributed by atoms with Gasteiger partial charge in [-0.25, -0.2) is 0 Å². The van der Waals surface area contributed by atoms with Crippen LogP contribution in [0.3, 0.4) is 0 Å². The van der Waals surface area contributed by atoms with Gasteiger partial charge in [-0.05, 0) is 128 Å². The van der Waals surface area contributed by atoms with Crippen molar-refractivity contribution in [3.05, 3.63) is 222 Å². The first-order valence-electron chi connectivity index (χ1n) is 21.1. The minimum absolute atomic E-state index is 0.432. The first-order chi connectivity index (χ1) is 28.2. The Bertz CT molecular complexity index is 2350. The summed E-state index contributed by atoms with van der Waals surface area (Å²) in [7, 11) is 0. The molecule has 57 heavy (non-hydrogen) atoms. The number of nitrogens with zero attached hydrogens (tertiary/aromatic N) is 2. The molecule has 0 aromatic heterocycles. The molecule has 1 heterocycles. The van der Waals surface area contributed by atoms with Crippen LogP contribution in [0.5, 0.6) is 0 Å². The summed E-state index contributed by atoms with van der Waals surface area (Å²) in [6, 6.07) is 39.4. The summed E-state index contributed by atoms with van der Waals surface area (Å²) in [5.41, 5.74) is 16.6. The van der Waals surface area contributed by atoms with Crippen LogP contribution in [-0.4, -0.2) is 6.54 Å². The molecule has 0 amide bonds. The predicted octanol–water partition coefficient (Wildman–Crippen LogP) is 14.1. The highest BCUT2D eigenvalue weighted by atomic mass is 15.2. The van der Waals surface area contributed by atoms with Crippen LogP contribution < -0.4 is 15.1 Å². The van der Waals surface area contributed by atoms with E-state index in [-0.39, 0.29) is 0 Å². The molecule has 284 valence electrons. The summed E-state index contributed by atoms with van der Waals surface area (Å²) in [4.78, 5) is 5.05. The van der Waals surface area contributed by atoms with E-state index in [4.69, 9.17) is 0 Å². The lowest BCUT2D eigenvalue weighted by molar-refractivity contribution is 0.513. The Kier molecular flexibility index (Phi) is 10.9. The fourth-order valence-corrected chi connectivity index (χ4v) is 9.19. The zero-order valence-corrected chi connectivity index (χ0v) is 33.0. The molecule has 0 bridgehead atoms. The largest absolute Gasteiger partial charge is 0.355 e. The Morgan fingerprint density at radius 2 is 1.49 bits per heavy atom. The fourth-order valence-electron chi connectivity index (χ4n) is 9.19. The average molecular weight is 744 g/mol. The molecule has 3 heteroatoms. The number of fused-ring (bicyclic) bond motifs is 1. The Morgan fingerprint density at radius 1 is 0.684 bits per heavy atom. The molecular formula is C54H53N3. The third-order valence-electron chi connectivity index (χ3n) is 12.3. The summed E-state index contributed by atoms with van der Waals surface area (Å²) >= 11 is 0. The molecule has 0 saturated heterocycles. The van der Waals surface area contributed by atoms with E-state index < -0.39 is 0 Å². The molecule has 3 nitrogen and oxygen atoms in total. The molecule has 2 atom stereocenters. The minimum atomic E-state index is 0.432. The van der Waals surface area contributed by atoms with Gasteiger partial charge in [0.05, 0.1) is 0 Å². The number of benzene rings is 4. The van der Waals surface area contributed by atoms with Gasteiger partial charge in [0.15, 0.2) is 0 Å². The summed E-state index contributed by atoms with van der Waals surface area (Å²) in [5, 5.41) is 3.72. The lowest BCUT2D eigenvalue weighted by Gasteiger charge is -2.36. The molecule has 2 unspecified atom stereocenters. The molecule has 0 spiro atoms. The van der Waals surface area contributed by atoms with Gasteiger partial charge in [0.2, 0.25) is 0 Å². The Hall–Kier alpha value is -6.06.